The molecule has 1 saturated heterocycles. The second-order valence-corrected chi connectivity index (χ2v) is 5.55. The quantitative estimate of drug-likeness (QED) is 0.915. The van der Waals surface area contributed by atoms with Crippen molar-refractivity contribution in [2.45, 2.75) is 18.9 Å². The predicted molar refractivity (Wildman–Crippen MR) is 85.3 cm³/mol. The van der Waals surface area contributed by atoms with Gasteiger partial charge in [0.05, 0.1) is 0 Å². The Morgan fingerprint density at radius 3 is 2.65 bits per heavy atom. The van der Waals surface area contributed by atoms with Crippen molar-refractivity contribution in [2.75, 3.05) is 6.54 Å². The molecule has 2 aromatic rings. The Morgan fingerprint density at radius 2 is 1.91 bits per heavy atom. The van der Waals surface area contributed by atoms with Crippen molar-refractivity contribution in [3.05, 3.63) is 59.9 Å². The zero-order valence-electron chi connectivity index (χ0n) is 12.5. The van der Waals surface area contributed by atoms with Crippen LogP contribution in [-0.4, -0.2) is 24.4 Å². The molecular formula is C18H17FN2O2. The van der Waals surface area contributed by atoms with E-state index in [2.05, 4.69) is 10.6 Å². The largest absolute Gasteiger partial charge is 0.354 e. The van der Waals surface area contributed by atoms with Crippen LogP contribution in [0, 0.1) is 5.82 Å². The van der Waals surface area contributed by atoms with Crippen LogP contribution < -0.4 is 10.6 Å². The van der Waals surface area contributed by atoms with Crippen molar-refractivity contribution >= 4 is 11.8 Å². The van der Waals surface area contributed by atoms with Crippen LogP contribution in [0.3, 0.4) is 0 Å². The maximum absolute atomic E-state index is 13.0. The standard InChI is InChI=1S/C18H17FN2O2/c19-15-8-6-12(7-9-15)13-3-1-4-14(11-13)17(22)21-16-5-2-10-20-18(16)23/h1,3-4,6-9,11,16H,2,5,10H2,(H,20,23)(H,21,22)/t16-/m1/s1. The minimum absolute atomic E-state index is 0.140. The van der Waals surface area contributed by atoms with Crippen molar-refractivity contribution in [2.24, 2.45) is 0 Å². The highest BCUT2D eigenvalue weighted by molar-refractivity contribution is 5.98. The number of carbonyl (C=O) groups excluding carboxylic acids is 2. The van der Waals surface area contributed by atoms with Gasteiger partial charge in [-0.1, -0.05) is 24.3 Å². The fourth-order valence-corrected chi connectivity index (χ4v) is 2.63. The second kappa shape index (κ2) is 6.60. The van der Waals surface area contributed by atoms with Gasteiger partial charge >= 0.3 is 0 Å². The van der Waals surface area contributed by atoms with Gasteiger partial charge in [0.25, 0.3) is 5.91 Å². The molecule has 0 spiro atoms. The number of benzene rings is 2. The number of carbonyl (C=O) groups is 2. The van der Waals surface area contributed by atoms with Gasteiger partial charge in [0.15, 0.2) is 0 Å². The summed E-state index contributed by atoms with van der Waals surface area (Å²) in [5, 5.41) is 5.50. The normalized spacial score (nSPS) is 17.4. The Bertz CT molecular complexity index is 728. The average Bonchev–Trinajstić information content (AvgIpc) is 2.58. The van der Waals surface area contributed by atoms with Crippen LogP contribution >= 0.6 is 0 Å². The summed E-state index contributed by atoms with van der Waals surface area (Å²) in [6.45, 7) is 0.658. The van der Waals surface area contributed by atoms with Gasteiger partial charge in [-0.3, -0.25) is 9.59 Å². The Hall–Kier alpha value is -2.69. The minimum atomic E-state index is -0.481. The topological polar surface area (TPSA) is 58.2 Å². The van der Waals surface area contributed by atoms with Crippen molar-refractivity contribution in [1.29, 1.82) is 0 Å². The second-order valence-electron chi connectivity index (χ2n) is 5.55. The lowest BCUT2D eigenvalue weighted by Gasteiger charge is -2.22. The molecule has 4 nitrogen and oxygen atoms in total. The van der Waals surface area contributed by atoms with Crippen LogP contribution in [0.15, 0.2) is 48.5 Å². The lowest BCUT2D eigenvalue weighted by atomic mass is 10.0. The number of hydrogen-bond acceptors (Lipinski definition) is 2. The third-order valence-electron chi connectivity index (χ3n) is 3.89. The zero-order chi connectivity index (χ0) is 16.2. The van der Waals surface area contributed by atoms with Crippen molar-refractivity contribution in [3.8, 4) is 11.1 Å². The summed E-state index contributed by atoms with van der Waals surface area (Å²) >= 11 is 0. The van der Waals surface area contributed by atoms with E-state index in [1.54, 1.807) is 30.3 Å². The van der Waals surface area contributed by atoms with Gasteiger partial charge in [-0.15, -0.1) is 0 Å². The van der Waals surface area contributed by atoms with Crippen LogP contribution in [0.4, 0.5) is 4.39 Å². The maximum Gasteiger partial charge on any atom is 0.251 e. The predicted octanol–water partition coefficient (Wildman–Crippen LogP) is 2.50. The molecule has 1 fully saturated rings. The van der Waals surface area contributed by atoms with Crippen LogP contribution in [0.2, 0.25) is 0 Å². The molecule has 1 aliphatic heterocycles. The summed E-state index contributed by atoms with van der Waals surface area (Å²) in [7, 11) is 0. The molecule has 2 amide bonds. The molecule has 0 aromatic heterocycles. The highest BCUT2D eigenvalue weighted by Gasteiger charge is 2.24. The molecule has 0 bridgehead atoms. The number of hydrogen-bond donors (Lipinski definition) is 2. The third kappa shape index (κ3) is 3.56. The maximum atomic E-state index is 13.0. The van der Waals surface area contributed by atoms with Crippen LogP contribution in [0.25, 0.3) is 11.1 Å². The zero-order valence-corrected chi connectivity index (χ0v) is 12.5. The molecular weight excluding hydrogens is 295 g/mol. The van der Waals surface area contributed by atoms with Gasteiger partial charge in [0.1, 0.15) is 11.9 Å². The SMILES string of the molecule is O=C(N[C@@H]1CCCNC1=O)c1cccc(-c2ccc(F)cc2)c1. The summed E-state index contributed by atoms with van der Waals surface area (Å²) in [5.74, 6) is -0.721. The van der Waals surface area contributed by atoms with Crippen molar-refractivity contribution < 1.29 is 14.0 Å². The van der Waals surface area contributed by atoms with Gasteiger partial charge in [0, 0.05) is 12.1 Å². The summed E-state index contributed by atoms with van der Waals surface area (Å²) < 4.78 is 13.0. The lowest BCUT2D eigenvalue weighted by molar-refractivity contribution is -0.124. The molecule has 3 rings (SSSR count). The van der Waals surface area contributed by atoms with Crippen molar-refractivity contribution in [1.82, 2.24) is 10.6 Å². The minimum Gasteiger partial charge on any atom is -0.354 e. The molecule has 1 aliphatic rings. The molecule has 23 heavy (non-hydrogen) atoms. The van der Waals surface area contributed by atoms with E-state index in [1.807, 2.05) is 6.07 Å². The van der Waals surface area contributed by atoms with E-state index in [-0.39, 0.29) is 17.6 Å². The number of amides is 2. The fourth-order valence-electron chi connectivity index (χ4n) is 2.63. The first kappa shape index (κ1) is 15.2. The van der Waals surface area contributed by atoms with Gasteiger partial charge in [-0.25, -0.2) is 4.39 Å². The van der Waals surface area contributed by atoms with E-state index >= 15 is 0 Å². The van der Waals surface area contributed by atoms with Crippen LogP contribution in [0.1, 0.15) is 23.2 Å². The lowest BCUT2D eigenvalue weighted by Crippen LogP contribution is -2.50. The number of nitrogens with one attached hydrogen (secondary N) is 2. The molecule has 1 atom stereocenters. The van der Waals surface area contributed by atoms with E-state index in [0.29, 0.717) is 18.5 Å². The Morgan fingerprint density at radius 1 is 1.13 bits per heavy atom. The summed E-state index contributed by atoms with van der Waals surface area (Å²) in [4.78, 5) is 24.1. The van der Waals surface area contributed by atoms with Crippen molar-refractivity contribution in [3.63, 3.8) is 0 Å². The Labute approximate surface area is 133 Å². The first-order valence-corrected chi connectivity index (χ1v) is 7.58. The third-order valence-corrected chi connectivity index (χ3v) is 3.89. The van der Waals surface area contributed by atoms with Gasteiger partial charge in [-0.2, -0.15) is 0 Å². The van der Waals surface area contributed by atoms with Crippen LogP contribution in [0.5, 0.6) is 0 Å². The number of halogens is 1. The summed E-state index contributed by atoms with van der Waals surface area (Å²) in [5.41, 5.74) is 2.13. The molecule has 0 unspecified atom stereocenters. The highest BCUT2D eigenvalue weighted by atomic mass is 19.1. The molecule has 0 aliphatic carbocycles. The molecule has 0 radical (unpaired) electrons. The van der Waals surface area contributed by atoms with Gasteiger partial charge in [-0.05, 0) is 48.2 Å². The molecule has 0 saturated carbocycles. The molecule has 2 N–H and O–H groups in total. The van der Waals surface area contributed by atoms with E-state index in [1.165, 1.54) is 12.1 Å². The molecule has 2 aromatic carbocycles. The number of piperidine rings is 1. The van der Waals surface area contributed by atoms with E-state index in [0.717, 1.165) is 17.5 Å². The Balaban J connectivity index is 1.77. The Kier molecular flexibility index (Phi) is 4.37. The van der Waals surface area contributed by atoms with E-state index in [9.17, 15) is 14.0 Å². The smallest absolute Gasteiger partial charge is 0.251 e. The first-order chi connectivity index (χ1) is 11.1. The van der Waals surface area contributed by atoms with Gasteiger partial charge in [0.2, 0.25) is 5.91 Å². The molecule has 1 heterocycles. The first-order valence-electron chi connectivity index (χ1n) is 7.58. The number of rotatable bonds is 3. The highest BCUT2D eigenvalue weighted by Crippen LogP contribution is 2.21. The monoisotopic (exact) mass is 312 g/mol. The summed E-state index contributed by atoms with van der Waals surface area (Å²) in [6, 6.07) is 12.7. The van der Waals surface area contributed by atoms with Gasteiger partial charge < -0.3 is 10.6 Å². The van der Waals surface area contributed by atoms with E-state index < -0.39 is 6.04 Å². The van der Waals surface area contributed by atoms with E-state index in [4.69, 9.17) is 0 Å². The molecule has 118 valence electrons. The summed E-state index contributed by atoms with van der Waals surface area (Å²) in [6.07, 6.45) is 1.50. The fraction of sp³-hybridized carbons (Fsp3) is 0.222. The molecule has 5 heteroatoms. The van der Waals surface area contributed by atoms with Crippen LogP contribution in [-0.2, 0) is 4.79 Å². The average molecular weight is 312 g/mol.